The number of hydrogen-bond acceptors (Lipinski definition) is 6. The molecule has 3 rings (SSSR count). The van der Waals surface area contributed by atoms with Gasteiger partial charge in [-0.3, -0.25) is 14.9 Å². The Hall–Kier alpha value is -4.58. The third-order valence-electron chi connectivity index (χ3n) is 4.13. The predicted molar refractivity (Wildman–Crippen MR) is 110 cm³/mol. The van der Waals surface area contributed by atoms with E-state index in [1.54, 1.807) is 42.5 Å². The van der Waals surface area contributed by atoms with Gasteiger partial charge in [0.25, 0.3) is 11.6 Å². The van der Waals surface area contributed by atoms with Crippen molar-refractivity contribution in [2.45, 2.75) is 6.61 Å². The monoisotopic (exact) mass is 418 g/mol. The molecule has 0 unspecified atom stereocenters. The molecule has 0 radical (unpaired) electrons. The van der Waals surface area contributed by atoms with Gasteiger partial charge < -0.3 is 4.74 Å². The molecule has 0 saturated heterocycles. The Labute approximate surface area is 176 Å². The maximum absolute atomic E-state index is 13.8. The molecule has 0 heterocycles. The molecule has 154 valence electrons. The molecule has 3 aromatic carbocycles. The van der Waals surface area contributed by atoms with Crippen molar-refractivity contribution >= 4 is 17.8 Å². The highest BCUT2D eigenvalue weighted by Gasteiger charge is 2.11. The number of hydrazone groups is 1. The van der Waals surface area contributed by atoms with E-state index in [0.29, 0.717) is 16.9 Å². The Balaban J connectivity index is 1.55. The maximum Gasteiger partial charge on any atom is 0.274 e. The van der Waals surface area contributed by atoms with Crippen molar-refractivity contribution in [3.8, 4) is 11.8 Å². The first-order chi connectivity index (χ1) is 15.0. The standard InChI is InChI=1S/C22H15FN4O4/c23-21-11-16(12-24)6-9-20(21)22(28)26-25-13-15-4-7-19(8-5-15)31-14-17-2-1-3-18(10-17)27(29)30/h1-11,13H,14H2,(H,26,28)/b25-13+. The largest absolute Gasteiger partial charge is 0.489 e. The van der Waals surface area contributed by atoms with E-state index in [2.05, 4.69) is 10.5 Å². The number of nitrogens with zero attached hydrogens (tertiary/aromatic N) is 3. The summed E-state index contributed by atoms with van der Waals surface area (Å²) in [6.07, 6.45) is 1.38. The van der Waals surface area contributed by atoms with Crippen molar-refractivity contribution in [1.29, 1.82) is 5.26 Å². The number of ether oxygens (including phenoxy) is 1. The van der Waals surface area contributed by atoms with E-state index >= 15 is 0 Å². The van der Waals surface area contributed by atoms with Crippen molar-refractivity contribution < 1.29 is 18.8 Å². The van der Waals surface area contributed by atoms with Crippen LogP contribution >= 0.6 is 0 Å². The fourth-order valence-electron chi connectivity index (χ4n) is 2.57. The minimum atomic E-state index is -0.808. The highest BCUT2D eigenvalue weighted by molar-refractivity contribution is 5.95. The van der Waals surface area contributed by atoms with E-state index in [1.807, 2.05) is 0 Å². The number of nitriles is 1. The van der Waals surface area contributed by atoms with Gasteiger partial charge in [0.05, 0.1) is 28.3 Å². The fraction of sp³-hybridized carbons (Fsp3) is 0.0455. The van der Waals surface area contributed by atoms with Crippen LogP contribution in [0, 0.1) is 27.3 Å². The Morgan fingerprint density at radius 2 is 1.97 bits per heavy atom. The fourth-order valence-corrected chi connectivity index (χ4v) is 2.57. The molecule has 1 amide bonds. The Kier molecular flexibility index (Phi) is 6.65. The molecule has 8 nitrogen and oxygen atoms in total. The number of hydrogen-bond donors (Lipinski definition) is 1. The number of amides is 1. The molecule has 0 spiro atoms. The molecular weight excluding hydrogens is 403 g/mol. The lowest BCUT2D eigenvalue weighted by Gasteiger charge is -2.06. The lowest BCUT2D eigenvalue weighted by atomic mass is 10.1. The van der Waals surface area contributed by atoms with Gasteiger partial charge in [0, 0.05) is 12.1 Å². The number of nitrogens with one attached hydrogen (secondary N) is 1. The van der Waals surface area contributed by atoms with Gasteiger partial charge in [0.15, 0.2) is 0 Å². The smallest absolute Gasteiger partial charge is 0.274 e. The molecule has 1 N–H and O–H groups in total. The number of carbonyl (C=O) groups excluding carboxylic acids is 1. The summed E-state index contributed by atoms with van der Waals surface area (Å²) < 4.78 is 19.4. The first-order valence-corrected chi connectivity index (χ1v) is 8.95. The molecule has 0 saturated carbocycles. The molecule has 0 bridgehead atoms. The van der Waals surface area contributed by atoms with Crippen LogP contribution in [0.15, 0.2) is 71.8 Å². The van der Waals surface area contributed by atoms with Crippen LogP contribution in [-0.2, 0) is 6.61 Å². The number of rotatable bonds is 7. The SMILES string of the molecule is N#Cc1ccc(C(=O)N/N=C/c2ccc(OCc3cccc([N+](=O)[O-])c3)cc2)c(F)c1. The van der Waals surface area contributed by atoms with Crippen molar-refractivity contribution in [2.75, 3.05) is 0 Å². The molecule has 9 heteroatoms. The number of carbonyl (C=O) groups is 1. The number of benzene rings is 3. The van der Waals surface area contributed by atoms with E-state index in [0.717, 1.165) is 6.07 Å². The summed E-state index contributed by atoms with van der Waals surface area (Å²) in [6, 6.07) is 18.3. The van der Waals surface area contributed by atoms with Gasteiger partial charge in [-0.1, -0.05) is 12.1 Å². The van der Waals surface area contributed by atoms with Crippen LogP contribution in [0.1, 0.15) is 27.0 Å². The van der Waals surface area contributed by atoms with Gasteiger partial charge in [0.1, 0.15) is 18.2 Å². The second-order valence-electron chi connectivity index (χ2n) is 6.29. The zero-order valence-electron chi connectivity index (χ0n) is 16.0. The van der Waals surface area contributed by atoms with E-state index in [9.17, 15) is 19.3 Å². The van der Waals surface area contributed by atoms with Gasteiger partial charge in [-0.15, -0.1) is 0 Å². The van der Waals surface area contributed by atoms with Crippen LogP contribution in [0.5, 0.6) is 5.75 Å². The lowest BCUT2D eigenvalue weighted by Crippen LogP contribution is -2.19. The molecular formula is C22H15FN4O4. The summed E-state index contributed by atoms with van der Waals surface area (Å²) in [5.41, 5.74) is 3.43. The highest BCUT2D eigenvalue weighted by Crippen LogP contribution is 2.17. The van der Waals surface area contributed by atoms with Crippen LogP contribution in [0.2, 0.25) is 0 Å². The van der Waals surface area contributed by atoms with E-state index < -0.39 is 16.6 Å². The Morgan fingerprint density at radius 1 is 1.19 bits per heavy atom. The quantitative estimate of drug-likeness (QED) is 0.354. The molecule has 3 aromatic rings. The number of nitro benzene ring substituents is 1. The van der Waals surface area contributed by atoms with E-state index in [1.165, 1.54) is 30.5 Å². The van der Waals surface area contributed by atoms with Crippen LogP contribution in [0.3, 0.4) is 0 Å². The van der Waals surface area contributed by atoms with Gasteiger partial charge in [0.2, 0.25) is 0 Å². The van der Waals surface area contributed by atoms with Gasteiger partial charge >= 0.3 is 0 Å². The van der Waals surface area contributed by atoms with Crippen LogP contribution < -0.4 is 10.2 Å². The third kappa shape index (κ3) is 5.71. The van der Waals surface area contributed by atoms with Crippen LogP contribution in [-0.4, -0.2) is 17.0 Å². The maximum atomic E-state index is 13.8. The lowest BCUT2D eigenvalue weighted by molar-refractivity contribution is -0.384. The second-order valence-corrected chi connectivity index (χ2v) is 6.29. The molecule has 31 heavy (non-hydrogen) atoms. The zero-order chi connectivity index (χ0) is 22.2. The second kappa shape index (κ2) is 9.76. The van der Waals surface area contributed by atoms with Gasteiger partial charge in [-0.2, -0.15) is 10.4 Å². The van der Waals surface area contributed by atoms with Crippen LogP contribution in [0.25, 0.3) is 0 Å². The number of non-ortho nitro benzene ring substituents is 1. The normalized spacial score (nSPS) is 10.5. The topological polar surface area (TPSA) is 118 Å². The molecule has 0 aliphatic carbocycles. The van der Waals surface area contributed by atoms with Crippen LogP contribution in [0.4, 0.5) is 10.1 Å². The molecule has 0 aliphatic rings. The predicted octanol–water partition coefficient (Wildman–Crippen LogP) is 3.95. The summed E-state index contributed by atoms with van der Waals surface area (Å²) in [4.78, 5) is 22.3. The Bertz CT molecular complexity index is 1190. The average Bonchev–Trinajstić information content (AvgIpc) is 2.78. The summed E-state index contributed by atoms with van der Waals surface area (Å²) in [5, 5.41) is 23.3. The molecule has 0 aromatic heterocycles. The molecule has 0 aliphatic heterocycles. The van der Waals surface area contributed by atoms with Crippen molar-refractivity contribution in [3.05, 3.63) is 105 Å². The molecule has 0 fully saturated rings. The highest BCUT2D eigenvalue weighted by atomic mass is 19.1. The van der Waals surface area contributed by atoms with Crippen molar-refractivity contribution in [1.82, 2.24) is 5.43 Å². The number of halogens is 1. The third-order valence-corrected chi connectivity index (χ3v) is 4.13. The minimum Gasteiger partial charge on any atom is -0.489 e. The van der Waals surface area contributed by atoms with E-state index in [-0.39, 0.29) is 23.4 Å². The van der Waals surface area contributed by atoms with E-state index in [4.69, 9.17) is 10.00 Å². The van der Waals surface area contributed by atoms with Gasteiger partial charge in [-0.05, 0) is 53.6 Å². The summed E-state index contributed by atoms with van der Waals surface area (Å²) in [7, 11) is 0. The number of nitro groups is 1. The zero-order valence-corrected chi connectivity index (χ0v) is 16.0. The summed E-state index contributed by atoms with van der Waals surface area (Å²) in [5.74, 6) is -1.00. The summed E-state index contributed by atoms with van der Waals surface area (Å²) >= 11 is 0. The van der Waals surface area contributed by atoms with Gasteiger partial charge in [-0.25, -0.2) is 9.82 Å². The Morgan fingerprint density at radius 3 is 2.65 bits per heavy atom. The first-order valence-electron chi connectivity index (χ1n) is 8.95. The summed E-state index contributed by atoms with van der Waals surface area (Å²) in [6.45, 7) is 0.168. The minimum absolute atomic E-state index is 0.00408. The van der Waals surface area contributed by atoms with Crippen molar-refractivity contribution in [3.63, 3.8) is 0 Å². The average molecular weight is 418 g/mol. The molecule has 0 atom stereocenters. The van der Waals surface area contributed by atoms with Crippen molar-refractivity contribution in [2.24, 2.45) is 5.10 Å². The first kappa shape index (κ1) is 21.1.